The lowest BCUT2D eigenvalue weighted by Crippen LogP contribution is -2.02. The lowest BCUT2D eigenvalue weighted by Gasteiger charge is -2.11. The van der Waals surface area contributed by atoms with Gasteiger partial charge in [0.2, 0.25) is 0 Å². The van der Waals surface area contributed by atoms with Crippen LogP contribution in [0.3, 0.4) is 0 Å². The highest BCUT2D eigenvalue weighted by Crippen LogP contribution is 2.26. The second kappa shape index (κ2) is 7.47. The molecule has 0 saturated heterocycles. The fraction of sp³-hybridized carbons (Fsp3) is 0.190. The molecule has 2 nitrogen and oxygen atoms in total. The van der Waals surface area contributed by atoms with E-state index in [2.05, 4.69) is 24.3 Å². The van der Waals surface area contributed by atoms with Crippen molar-refractivity contribution < 1.29 is 4.74 Å². The van der Waals surface area contributed by atoms with Gasteiger partial charge in [-0.15, -0.1) is 0 Å². The second-order valence-electron chi connectivity index (χ2n) is 5.56. The molecule has 3 aromatic carbocycles. The summed E-state index contributed by atoms with van der Waals surface area (Å²) in [6.45, 7) is 0.624. The summed E-state index contributed by atoms with van der Waals surface area (Å²) in [5, 5.41) is 11.7. The van der Waals surface area contributed by atoms with Crippen molar-refractivity contribution in [1.82, 2.24) is 0 Å². The Morgan fingerprint density at radius 3 is 2.43 bits per heavy atom. The first-order valence-corrected chi connectivity index (χ1v) is 7.93. The van der Waals surface area contributed by atoms with Gasteiger partial charge in [-0.25, -0.2) is 0 Å². The number of nitrogens with zero attached hydrogens (tertiary/aromatic N) is 1. The molecule has 0 aliphatic heterocycles. The molecular formula is C21H19NO. The van der Waals surface area contributed by atoms with Crippen molar-refractivity contribution in [2.75, 3.05) is 6.61 Å². The average molecular weight is 301 g/mol. The van der Waals surface area contributed by atoms with Crippen LogP contribution < -0.4 is 4.74 Å². The molecule has 0 bridgehead atoms. The van der Waals surface area contributed by atoms with Gasteiger partial charge in [0.1, 0.15) is 5.75 Å². The van der Waals surface area contributed by atoms with Crippen molar-refractivity contribution in [3.63, 3.8) is 0 Å². The Bertz CT molecular complexity index is 799. The van der Waals surface area contributed by atoms with E-state index in [4.69, 9.17) is 4.74 Å². The fourth-order valence-corrected chi connectivity index (χ4v) is 2.78. The fourth-order valence-electron chi connectivity index (χ4n) is 2.78. The molecule has 0 fully saturated rings. The van der Waals surface area contributed by atoms with E-state index in [0.29, 0.717) is 6.61 Å². The van der Waals surface area contributed by atoms with E-state index in [1.807, 2.05) is 54.6 Å². The third kappa shape index (κ3) is 3.70. The largest absolute Gasteiger partial charge is 0.493 e. The predicted octanol–water partition coefficient (Wildman–Crippen LogP) is 5.31. The molecule has 3 rings (SSSR count). The average Bonchev–Trinajstić information content (AvgIpc) is 2.62. The maximum absolute atomic E-state index is 9.35. The zero-order valence-electron chi connectivity index (χ0n) is 13.0. The molecular weight excluding hydrogens is 282 g/mol. The van der Waals surface area contributed by atoms with E-state index in [9.17, 15) is 5.26 Å². The predicted molar refractivity (Wildman–Crippen MR) is 93.5 cm³/mol. The summed E-state index contributed by atoms with van der Waals surface area (Å²) in [4.78, 5) is 0. The van der Waals surface area contributed by atoms with Gasteiger partial charge in [-0.1, -0.05) is 66.7 Å². The van der Waals surface area contributed by atoms with Crippen LogP contribution in [-0.2, 0) is 0 Å². The number of benzene rings is 3. The topological polar surface area (TPSA) is 33.0 Å². The first-order chi connectivity index (χ1) is 11.4. The van der Waals surface area contributed by atoms with Crippen LogP contribution in [0.5, 0.6) is 5.75 Å². The molecule has 114 valence electrons. The molecule has 0 radical (unpaired) electrons. The summed E-state index contributed by atoms with van der Waals surface area (Å²) in [5.74, 6) is 0.851. The highest BCUT2D eigenvalue weighted by atomic mass is 16.5. The minimum atomic E-state index is -0.0627. The normalized spacial score (nSPS) is 11.8. The highest BCUT2D eigenvalue weighted by molar-refractivity contribution is 5.88. The molecule has 0 spiro atoms. The van der Waals surface area contributed by atoms with Crippen LogP contribution >= 0.6 is 0 Å². The van der Waals surface area contributed by atoms with E-state index in [0.717, 1.165) is 29.5 Å². The smallest absolute Gasteiger partial charge is 0.127 e. The zero-order chi connectivity index (χ0) is 15.9. The molecule has 0 aliphatic rings. The summed E-state index contributed by atoms with van der Waals surface area (Å²) >= 11 is 0. The van der Waals surface area contributed by atoms with Crippen molar-refractivity contribution in [3.8, 4) is 11.8 Å². The van der Waals surface area contributed by atoms with Crippen LogP contribution in [0.15, 0.2) is 72.8 Å². The van der Waals surface area contributed by atoms with Crippen molar-refractivity contribution >= 4 is 10.8 Å². The van der Waals surface area contributed by atoms with E-state index < -0.39 is 0 Å². The molecule has 0 N–H and O–H groups in total. The minimum Gasteiger partial charge on any atom is -0.493 e. The number of hydrogen-bond acceptors (Lipinski definition) is 2. The molecule has 23 heavy (non-hydrogen) atoms. The van der Waals surface area contributed by atoms with Gasteiger partial charge in [0, 0.05) is 5.39 Å². The van der Waals surface area contributed by atoms with Gasteiger partial charge >= 0.3 is 0 Å². The van der Waals surface area contributed by atoms with Crippen molar-refractivity contribution in [3.05, 3.63) is 78.4 Å². The van der Waals surface area contributed by atoms with Gasteiger partial charge in [-0.05, 0) is 29.9 Å². The standard InChI is InChI=1S/C21H19NO/c22-16-19(17-8-2-1-3-9-17)12-7-15-23-21-14-6-11-18-10-4-5-13-20(18)21/h1-6,8-11,13-14,19H,7,12,15H2. The molecule has 0 amide bonds. The summed E-state index contributed by atoms with van der Waals surface area (Å²) in [6, 6.07) is 26.7. The van der Waals surface area contributed by atoms with Gasteiger partial charge in [-0.3, -0.25) is 0 Å². The van der Waals surface area contributed by atoms with Crippen LogP contribution in [0.4, 0.5) is 0 Å². The highest BCUT2D eigenvalue weighted by Gasteiger charge is 2.10. The van der Waals surface area contributed by atoms with Gasteiger partial charge in [0.25, 0.3) is 0 Å². The maximum Gasteiger partial charge on any atom is 0.127 e. The number of fused-ring (bicyclic) bond motifs is 1. The molecule has 0 saturated carbocycles. The van der Waals surface area contributed by atoms with Gasteiger partial charge < -0.3 is 4.74 Å². The number of ether oxygens (including phenoxy) is 1. The Labute approximate surface area is 137 Å². The van der Waals surface area contributed by atoms with E-state index in [1.165, 1.54) is 5.39 Å². The number of hydrogen-bond donors (Lipinski definition) is 0. The molecule has 3 aromatic rings. The van der Waals surface area contributed by atoms with Crippen molar-refractivity contribution in [2.45, 2.75) is 18.8 Å². The SMILES string of the molecule is N#CC(CCCOc1cccc2ccccc12)c1ccccc1. The van der Waals surface area contributed by atoms with Crippen molar-refractivity contribution in [2.24, 2.45) is 0 Å². The lowest BCUT2D eigenvalue weighted by atomic mass is 9.96. The Kier molecular flexibility index (Phi) is 4.91. The van der Waals surface area contributed by atoms with Crippen molar-refractivity contribution in [1.29, 1.82) is 5.26 Å². The number of rotatable bonds is 6. The summed E-state index contributed by atoms with van der Waals surface area (Å²) in [7, 11) is 0. The number of nitriles is 1. The molecule has 0 aromatic heterocycles. The lowest BCUT2D eigenvalue weighted by molar-refractivity contribution is 0.308. The summed E-state index contributed by atoms with van der Waals surface area (Å²) < 4.78 is 5.94. The Morgan fingerprint density at radius 2 is 1.61 bits per heavy atom. The maximum atomic E-state index is 9.35. The van der Waals surface area contributed by atoms with E-state index in [1.54, 1.807) is 0 Å². The van der Waals surface area contributed by atoms with Crippen LogP contribution in [0.2, 0.25) is 0 Å². The minimum absolute atomic E-state index is 0.0627. The van der Waals surface area contributed by atoms with E-state index >= 15 is 0 Å². The molecule has 0 heterocycles. The van der Waals surface area contributed by atoms with Gasteiger partial charge in [0.05, 0.1) is 18.6 Å². The third-order valence-corrected chi connectivity index (χ3v) is 4.00. The first-order valence-electron chi connectivity index (χ1n) is 7.93. The Morgan fingerprint density at radius 1 is 0.870 bits per heavy atom. The zero-order valence-corrected chi connectivity index (χ0v) is 13.0. The molecule has 0 aliphatic carbocycles. The second-order valence-corrected chi connectivity index (χ2v) is 5.56. The molecule has 1 unspecified atom stereocenters. The van der Waals surface area contributed by atoms with Crippen LogP contribution in [0, 0.1) is 11.3 Å². The first kappa shape index (κ1) is 15.1. The third-order valence-electron chi connectivity index (χ3n) is 4.00. The summed E-state index contributed by atoms with van der Waals surface area (Å²) in [6.07, 6.45) is 1.67. The Balaban J connectivity index is 1.58. The molecule has 1 atom stereocenters. The summed E-state index contributed by atoms with van der Waals surface area (Å²) in [5.41, 5.74) is 1.08. The van der Waals surface area contributed by atoms with Crippen LogP contribution in [0.1, 0.15) is 24.3 Å². The molecule has 2 heteroatoms. The van der Waals surface area contributed by atoms with Crippen LogP contribution in [-0.4, -0.2) is 6.61 Å². The quantitative estimate of drug-likeness (QED) is 0.578. The Hall–Kier alpha value is -2.79. The van der Waals surface area contributed by atoms with E-state index in [-0.39, 0.29) is 5.92 Å². The van der Waals surface area contributed by atoms with Crippen LogP contribution in [0.25, 0.3) is 10.8 Å². The van der Waals surface area contributed by atoms with Gasteiger partial charge in [0.15, 0.2) is 0 Å². The monoisotopic (exact) mass is 301 g/mol. The van der Waals surface area contributed by atoms with Gasteiger partial charge in [-0.2, -0.15) is 5.26 Å².